The summed E-state index contributed by atoms with van der Waals surface area (Å²) < 4.78 is 19.0. The molecule has 0 unspecified atom stereocenters. The first-order valence-corrected chi connectivity index (χ1v) is 7.01. The Kier molecular flexibility index (Phi) is 3.48. The largest absolute Gasteiger partial charge is 0.497 e. The van der Waals surface area contributed by atoms with Crippen LogP contribution in [-0.4, -0.2) is 12.1 Å². The third kappa shape index (κ3) is 2.42. The molecule has 0 saturated carbocycles. The van der Waals surface area contributed by atoms with Crippen molar-refractivity contribution in [1.82, 2.24) is 4.98 Å². The van der Waals surface area contributed by atoms with Gasteiger partial charge in [-0.25, -0.2) is 9.37 Å². The fourth-order valence-electron chi connectivity index (χ4n) is 1.94. The Balaban J connectivity index is 1.98. The summed E-state index contributed by atoms with van der Waals surface area (Å²) >= 11 is 1.43. The molecule has 0 radical (unpaired) electrons. The first-order valence-electron chi connectivity index (χ1n) is 6.13. The van der Waals surface area contributed by atoms with Crippen LogP contribution in [0.3, 0.4) is 0 Å². The average molecular weight is 285 g/mol. The van der Waals surface area contributed by atoms with E-state index in [9.17, 15) is 4.39 Å². The third-order valence-electron chi connectivity index (χ3n) is 2.98. The lowest BCUT2D eigenvalue weighted by molar-refractivity contribution is 0.411. The second-order valence-electron chi connectivity index (χ2n) is 4.25. The van der Waals surface area contributed by atoms with E-state index in [1.54, 1.807) is 12.1 Å². The number of aromatic nitrogens is 1. The minimum atomic E-state index is -0.321. The van der Waals surface area contributed by atoms with E-state index in [0.29, 0.717) is 16.3 Å². The number of hydrogen-bond acceptors (Lipinski definition) is 3. The average Bonchev–Trinajstić information content (AvgIpc) is 2.97. The number of halogens is 1. The summed E-state index contributed by atoms with van der Waals surface area (Å²) in [5.41, 5.74) is 2.39. The number of ether oxygens (including phenoxy) is 1. The molecule has 0 aliphatic heterocycles. The number of thiazole rings is 1. The molecule has 0 amide bonds. The van der Waals surface area contributed by atoms with Crippen LogP contribution < -0.4 is 4.74 Å². The Hall–Kier alpha value is -2.20. The van der Waals surface area contributed by atoms with Gasteiger partial charge in [-0.2, -0.15) is 0 Å². The molecule has 1 heterocycles. The molecule has 0 aliphatic rings. The van der Waals surface area contributed by atoms with E-state index in [-0.39, 0.29) is 5.82 Å². The van der Waals surface area contributed by atoms with Gasteiger partial charge in [0.2, 0.25) is 0 Å². The highest BCUT2D eigenvalue weighted by Gasteiger charge is 2.11. The van der Waals surface area contributed by atoms with Crippen molar-refractivity contribution >= 4 is 11.3 Å². The summed E-state index contributed by atoms with van der Waals surface area (Å²) in [7, 11) is 1.52. The van der Waals surface area contributed by atoms with Gasteiger partial charge >= 0.3 is 0 Å². The van der Waals surface area contributed by atoms with Gasteiger partial charge in [0.1, 0.15) is 16.6 Å². The molecular formula is C16H12FNOS. The SMILES string of the molecule is COc1ccc(-c2nc(-c3ccccc3)cs2)c(F)c1. The zero-order valence-corrected chi connectivity index (χ0v) is 11.7. The van der Waals surface area contributed by atoms with E-state index in [2.05, 4.69) is 4.98 Å². The van der Waals surface area contributed by atoms with Crippen LogP contribution in [0.25, 0.3) is 21.8 Å². The summed E-state index contributed by atoms with van der Waals surface area (Å²) in [6, 6.07) is 14.7. The van der Waals surface area contributed by atoms with Crippen molar-refractivity contribution in [3.8, 4) is 27.6 Å². The van der Waals surface area contributed by atoms with Crippen LogP contribution in [-0.2, 0) is 0 Å². The Morgan fingerprint density at radius 1 is 1.10 bits per heavy atom. The quantitative estimate of drug-likeness (QED) is 0.700. The van der Waals surface area contributed by atoms with Crippen molar-refractivity contribution in [2.75, 3.05) is 7.11 Å². The van der Waals surface area contributed by atoms with Gasteiger partial charge < -0.3 is 4.74 Å². The summed E-state index contributed by atoms with van der Waals surface area (Å²) in [6.45, 7) is 0. The van der Waals surface area contributed by atoms with E-state index < -0.39 is 0 Å². The van der Waals surface area contributed by atoms with Crippen LogP contribution in [0, 0.1) is 5.82 Å². The lowest BCUT2D eigenvalue weighted by atomic mass is 10.2. The van der Waals surface area contributed by atoms with Gasteiger partial charge in [0, 0.05) is 22.6 Å². The predicted octanol–water partition coefficient (Wildman–Crippen LogP) is 4.62. The van der Waals surface area contributed by atoms with Gasteiger partial charge in [0.15, 0.2) is 0 Å². The highest BCUT2D eigenvalue weighted by atomic mass is 32.1. The molecule has 0 N–H and O–H groups in total. The molecule has 2 aromatic carbocycles. The zero-order chi connectivity index (χ0) is 13.9. The number of benzene rings is 2. The summed E-state index contributed by atoms with van der Waals surface area (Å²) in [5.74, 6) is 0.185. The van der Waals surface area contributed by atoms with Crippen LogP contribution in [0.2, 0.25) is 0 Å². The molecule has 0 fully saturated rings. The smallest absolute Gasteiger partial charge is 0.137 e. The van der Waals surface area contributed by atoms with Crippen LogP contribution in [0.1, 0.15) is 0 Å². The minimum Gasteiger partial charge on any atom is -0.497 e. The van der Waals surface area contributed by atoms with Gasteiger partial charge in [-0.1, -0.05) is 30.3 Å². The Bertz CT molecular complexity index is 724. The van der Waals surface area contributed by atoms with E-state index in [4.69, 9.17) is 4.74 Å². The van der Waals surface area contributed by atoms with Crippen LogP contribution in [0.5, 0.6) is 5.75 Å². The van der Waals surface area contributed by atoms with Crippen LogP contribution in [0.15, 0.2) is 53.9 Å². The molecule has 0 aliphatic carbocycles. The highest BCUT2D eigenvalue weighted by molar-refractivity contribution is 7.13. The molecule has 0 saturated heterocycles. The van der Waals surface area contributed by atoms with E-state index >= 15 is 0 Å². The molecule has 1 aromatic heterocycles. The number of methoxy groups -OCH3 is 1. The maximum atomic E-state index is 14.0. The first-order chi connectivity index (χ1) is 9.78. The molecular weight excluding hydrogens is 273 g/mol. The number of hydrogen-bond donors (Lipinski definition) is 0. The summed E-state index contributed by atoms with van der Waals surface area (Å²) in [6.07, 6.45) is 0. The van der Waals surface area contributed by atoms with Crippen molar-refractivity contribution in [3.05, 3.63) is 59.7 Å². The Morgan fingerprint density at radius 2 is 1.90 bits per heavy atom. The maximum Gasteiger partial charge on any atom is 0.137 e. The molecule has 2 nitrogen and oxygen atoms in total. The fourth-order valence-corrected chi connectivity index (χ4v) is 2.79. The van der Waals surface area contributed by atoms with E-state index in [0.717, 1.165) is 11.3 Å². The maximum absolute atomic E-state index is 14.0. The van der Waals surface area contributed by atoms with Gasteiger partial charge in [-0.05, 0) is 12.1 Å². The topological polar surface area (TPSA) is 22.1 Å². The van der Waals surface area contributed by atoms with Gasteiger partial charge in [-0.15, -0.1) is 11.3 Å². The van der Waals surface area contributed by atoms with Crippen molar-refractivity contribution in [2.24, 2.45) is 0 Å². The standard InChI is InChI=1S/C16H12FNOS/c1-19-12-7-8-13(14(17)9-12)16-18-15(10-20-16)11-5-3-2-4-6-11/h2-10H,1H3. The number of rotatable bonds is 3. The van der Waals surface area contributed by atoms with E-state index in [1.807, 2.05) is 35.7 Å². The van der Waals surface area contributed by atoms with Crippen LogP contribution >= 0.6 is 11.3 Å². The zero-order valence-electron chi connectivity index (χ0n) is 10.8. The van der Waals surface area contributed by atoms with Crippen molar-refractivity contribution in [1.29, 1.82) is 0 Å². The van der Waals surface area contributed by atoms with Gasteiger partial charge in [-0.3, -0.25) is 0 Å². The number of nitrogens with zero attached hydrogens (tertiary/aromatic N) is 1. The molecule has 3 aromatic rings. The minimum absolute atomic E-state index is 0.321. The molecule has 3 rings (SSSR count). The molecule has 0 bridgehead atoms. The fraction of sp³-hybridized carbons (Fsp3) is 0.0625. The predicted molar refractivity (Wildman–Crippen MR) is 79.5 cm³/mol. The second-order valence-corrected chi connectivity index (χ2v) is 5.11. The molecule has 0 atom stereocenters. The lowest BCUT2D eigenvalue weighted by Gasteiger charge is -2.02. The molecule has 20 heavy (non-hydrogen) atoms. The normalized spacial score (nSPS) is 10.5. The van der Waals surface area contributed by atoms with Crippen molar-refractivity contribution in [2.45, 2.75) is 0 Å². The Morgan fingerprint density at radius 3 is 2.60 bits per heavy atom. The van der Waals surface area contributed by atoms with Gasteiger partial charge in [0.05, 0.1) is 12.8 Å². The summed E-state index contributed by atoms with van der Waals surface area (Å²) in [5, 5.41) is 2.61. The second kappa shape index (κ2) is 5.43. The monoisotopic (exact) mass is 285 g/mol. The van der Waals surface area contributed by atoms with Gasteiger partial charge in [0.25, 0.3) is 0 Å². The van der Waals surface area contributed by atoms with Crippen LogP contribution in [0.4, 0.5) is 4.39 Å². The molecule has 0 spiro atoms. The Labute approximate surface area is 120 Å². The highest BCUT2D eigenvalue weighted by Crippen LogP contribution is 2.31. The molecule has 100 valence electrons. The van der Waals surface area contributed by atoms with Crippen molar-refractivity contribution < 1.29 is 9.13 Å². The lowest BCUT2D eigenvalue weighted by Crippen LogP contribution is -1.88. The van der Waals surface area contributed by atoms with E-state index in [1.165, 1.54) is 24.5 Å². The first kappa shape index (κ1) is 12.8. The third-order valence-corrected chi connectivity index (χ3v) is 3.86. The van der Waals surface area contributed by atoms with Crippen molar-refractivity contribution in [3.63, 3.8) is 0 Å². The summed E-state index contributed by atoms with van der Waals surface area (Å²) in [4.78, 5) is 4.50. The molecule has 4 heteroatoms.